The molecule has 0 unspecified atom stereocenters. The predicted octanol–water partition coefficient (Wildman–Crippen LogP) is 1.62. The molecule has 0 aromatic heterocycles. The zero-order chi connectivity index (χ0) is 15.5. The number of carbonyl (C=O) groups is 1. The maximum Gasteiger partial charge on any atom is 0.339 e. The van der Waals surface area contributed by atoms with Crippen LogP contribution in [0.2, 0.25) is 0 Å². The second-order valence-electron chi connectivity index (χ2n) is 5.07. The molecule has 2 rings (SSSR count). The van der Waals surface area contributed by atoms with Crippen molar-refractivity contribution >= 4 is 21.7 Å². The van der Waals surface area contributed by atoms with Crippen molar-refractivity contribution in [2.45, 2.75) is 30.6 Å². The highest BCUT2D eigenvalue weighted by atomic mass is 32.2. The summed E-state index contributed by atoms with van der Waals surface area (Å²) in [6, 6.07) is 4.20. The highest BCUT2D eigenvalue weighted by Crippen LogP contribution is 2.25. The Morgan fingerprint density at radius 1 is 1.19 bits per heavy atom. The van der Waals surface area contributed by atoms with Gasteiger partial charge in [0, 0.05) is 18.8 Å². The minimum absolute atomic E-state index is 0.0123. The summed E-state index contributed by atoms with van der Waals surface area (Å²) in [6.07, 6.45) is 3.72. The third kappa shape index (κ3) is 3.36. The maximum absolute atomic E-state index is 12.8. The first-order valence-corrected chi connectivity index (χ1v) is 8.39. The van der Waals surface area contributed by atoms with Crippen LogP contribution in [0.1, 0.15) is 36.0 Å². The number of anilines is 1. The van der Waals surface area contributed by atoms with Gasteiger partial charge < -0.3 is 10.5 Å². The molecule has 1 aliphatic heterocycles. The van der Waals surface area contributed by atoms with E-state index in [-0.39, 0.29) is 10.5 Å². The van der Waals surface area contributed by atoms with Gasteiger partial charge >= 0.3 is 5.97 Å². The monoisotopic (exact) mass is 312 g/mol. The van der Waals surface area contributed by atoms with E-state index >= 15 is 0 Å². The average molecular weight is 312 g/mol. The van der Waals surface area contributed by atoms with Gasteiger partial charge in [0.2, 0.25) is 10.0 Å². The Balaban J connectivity index is 2.46. The summed E-state index contributed by atoms with van der Waals surface area (Å²) in [7, 11) is -2.49. The first-order valence-electron chi connectivity index (χ1n) is 6.95. The van der Waals surface area contributed by atoms with Gasteiger partial charge in [0.25, 0.3) is 0 Å². The second kappa shape index (κ2) is 6.44. The van der Waals surface area contributed by atoms with Crippen molar-refractivity contribution in [3.05, 3.63) is 23.8 Å². The number of sulfonamides is 1. The molecule has 1 aliphatic rings. The SMILES string of the molecule is COC(=O)c1cc(N)ccc1S(=O)(=O)N1CCCCCC1. The summed E-state index contributed by atoms with van der Waals surface area (Å²) in [4.78, 5) is 11.8. The van der Waals surface area contributed by atoms with Crippen molar-refractivity contribution in [1.29, 1.82) is 0 Å². The van der Waals surface area contributed by atoms with Crippen LogP contribution in [-0.2, 0) is 14.8 Å². The van der Waals surface area contributed by atoms with Crippen molar-refractivity contribution < 1.29 is 17.9 Å². The standard InChI is InChI=1S/C14H20N2O4S/c1-20-14(17)12-10-11(15)6-7-13(12)21(18,19)16-8-4-2-3-5-9-16/h6-7,10H,2-5,8-9,15H2,1H3. The number of nitrogen functional groups attached to an aromatic ring is 1. The number of ether oxygens (including phenoxy) is 1. The van der Waals surface area contributed by atoms with Gasteiger partial charge in [-0.2, -0.15) is 4.31 Å². The molecule has 0 saturated carbocycles. The zero-order valence-corrected chi connectivity index (χ0v) is 12.9. The fraction of sp³-hybridized carbons (Fsp3) is 0.500. The molecular weight excluding hydrogens is 292 g/mol. The molecule has 0 radical (unpaired) electrons. The van der Waals surface area contributed by atoms with E-state index in [0.717, 1.165) is 25.7 Å². The van der Waals surface area contributed by atoms with Crippen LogP contribution in [-0.4, -0.2) is 38.9 Å². The van der Waals surface area contributed by atoms with Gasteiger partial charge in [-0.3, -0.25) is 0 Å². The largest absolute Gasteiger partial charge is 0.465 e. The van der Waals surface area contributed by atoms with E-state index in [9.17, 15) is 13.2 Å². The van der Waals surface area contributed by atoms with E-state index in [2.05, 4.69) is 4.74 Å². The van der Waals surface area contributed by atoms with Crippen LogP contribution in [0, 0.1) is 0 Å². The van der Waals surface area contributed by atoms with Crippen LogP contribution in [0.5, 0.6) is 0 Å². The predicted molar refractivity (Wildman–Crippen MR) is 79.4 cm³/mol. The van der Waals surface area contributed by atoms with E-state index in [0.29, 0.717) is 18.8 Å². The first kappa shape index (κ1) is 15.8. The molecule has 1 saturated heterocycles. The fourth-order valence-corrected chi connectivity index (χ4v) is 4.14. The number of methoxy groups -OCH3 is 1. The van der Waals surface area contributed by atoms with Crippen molar-refractivity contribution in [2.24, 2.45) is 0 Å². The van der Waals surface area contributed by atoms with Gasteiger partial charge in [0.15, 0.2) is 0 Å². The summed E-state index contributed by atoms with van der Waals surface area (Å²) in [6.45, 7) is 0.959. The first-order chi connectivity index (χ1) is 9.96. The summed E-state index contributed by atoms with van der Waals surface area (Å²) >= 11 is 0. The molecule has 0 atom stereocenters. The highest BCUT2D eigenvalue weighted by molar-refractivity contribution is 7.89. The third-order valence-corrected chi connectivity index (χ3v) is 5.55. The Bertz CT molecular complexity index is 620. The van der Waals surface area contributed by atoms with Gasteiger partial charge in [-0.15, -0.1) is 0 Å². The molecule has 0 aliphatic carbocycles. The fourth-order valence-electron chi connectivity index (χ4n) is 2.46. The number of benzene rings is 1. The zero-order valence-electron chi connectivity index (χ0n) is 12.0. The number of hydrogen-bond donors (Lipinski definition) is 1. The van der Waals surface area contributed by atoms with Gasteiger partial charge in [-0.1, -0.05) is 12.8 Å². The summed E-state index contributed by atoms with van der Waals surface area (Å²) < 4.78 is 31.6. The Morgan fingerprint density at radius 3 is 2.38 bits per heavy atom. The molecular formula is C14H20N2O4S. The molecule has 7 heteroatoms. The minimum atomic E-state index is -3.71. The molecule has 6 nitrogen and oxygen atoms in total. The average Bonchev–Trinajstić information content (AvgIpc) is 2.75. The van der Waals surface area contributed by atoms with Gasteiger partial charge in [0.1, 0.15) is 0 Å². The summed E-state index contributed by atoms with van der Waals surface area (Å²) in [5.41, 5.74) is 5.96. The van der Waals surface area contributed by atoms with Crippen LogP contribution in [0.4, 0.5) is 5.69 Å². The Labute approximate surface area is 124 Å². The highest BCUT2D eigenvalue weighted by Gasteiger charge is 2.29. The van der Waals surface area contributed by atoms with Gasteiger partial charge in [-0.05, 0) is 31.0 Å². The minimum Gasteiger partial charge on any atom is -0.465 e. The maximum atomic E-state index is 12.8. The molecule has 1 aromatic carbocycles. The molecule has 1 fully saturated rings. The molecule has 116 valence electrons. The van der Waals surface area contributed by atoms with E-state index < -0.39 is 16.0 Å². The summed E-state index contributed by atoms with van der Waals surface area (Å²) in [5.74, 6) is -0.698. The molecule has 0 spiro atoms. The molecule has 1 aromatic rings. The second-order valence-corrected chi connectivity index (χ2v) is 6.97. The number of nitrogens with two attached hydrogens (primary N) is 1. The van der Waals surface area contributed by atoms with Crippen molar-refractivity contribution in [3.8, 4) is 0 Å². The normalized spacial score (nSPS) is 17.2. The van der Waals surface area contributed by atoms with Crippen LogP contribution < -0.4 is 5.73 Å². The number of hydrogen-bond acceptors (Lipinski definition) is 5. The lowest BCUT2D eigenvalue weighted by molar-refractivity contribution is 0.0596. The van der Waals surface area contributed by atoms with Crippen molar-refractivity contribution in [1.82, 2.24) is 4.31 Å². The Hall–Kier alpha value is -1.60. The molecule has 0 bridgehead atoms. The topological polar surface area (TPSA) is 89.7 Å². The molecule has 21 heavy (non-hydrogen) atoms. The van der Waals surface area contributed by atoms with Gasteiger partial charge in [-0.25, -0.2) is 13.2 Å². The molecule has 2 N–H and O–H groups in total. The summed E-state index contributed by atoms with van der Waals surface area (Å²) in [5, 5.41) is 0. The lowest BCUT2D eigenvalue weighted by Crippen LogP contribution is -2.33. The number of carbonyl (C=O) groups excluding carboxylic acids is 1. The van der Waals surface area contributed by atoms with Crippen LogP contribution in [0.25, 0.3) is 0 Å². The lowest BCUT2D eigenvalue weighted by Gasteiger charge is -2.21. The Morgan fingerprint density at radius 2 is 1.81 bits per heavy atom. The lowest BCUT2D eigenvalue weighted by atomic mass is 10.2. The van der Waals surface area contributed by atoms with Crippen molar-refractivity contribution in [2.75, 3.05) is 25.9 Å². The number of rotatable bonds is 3. The van der Waals surface area contributed by atoms with Crippen LogP contribution in [0.15, 0.2) is 23.1 Å². The van der Waals surface area contributed by atoms with E-state index in [1.807, 2.05) is 0 Å². The van der Waals surface area contributed by atoms with Crippen LogP contribution >= 0.6 is 0 Å². The van der Waals surface area contributed by atoms with Gasteiger partial charge in [0.05, 0.1) is 17.6 Å². The third-order valence-electron chi connectivity index (χ3n) is 3.59. The molecule has 1 heterocycles. The Kier molecular flexibility index (Phi) is 4.84. The van der Waals surface area contributed by atoms with Crippen molar-refractivity contribution in [3.63, 3.8) is 0 Å². The molecule has 0 amide bonds. The van der Waals surface area contributed by atoms with E-state index in [4.69, 9.17) is 5.73 Å². The smallest absolute Gasteiger partial charge is 0.339 e. The van der Waals surface area contributed by atoms with E-state index in [1.54, 1.807) is 0 Å². The quantitative estimate of drug-likeness (QED) is 0.676. The number of nitrogens with zero attached hydrogens (tertiary/aromatic N) is 1. The van der Waals surface area contributed by atoms with E-state index in [1.165, 1.54) is 29.6 Å². The van der Waals surface area contributed by atoms with Crippen LogP contribution in [0.3, 0.4) is 0 Å². The number of esters is 1.